The van der Waals surface area contributed by atoms with Crippen LogP contribution in [0.5, 0.6) is 0 Å². The number of nitrogens with one attached hydrogen (secondary N) is 2. The van der Waals surface area contributed by atoms with Crippen molar-refractivity contribution in [2.45, 2.75) is 25.7 Å². The molecule has 0 saturated carbocycles. The van der Waals surface area contributed by atoms with Crippen LogP contribution in [0.15, 0.2) is 0 Å². The summed E-state index contributed by atoms with van der Waals surface area (Å²) in [5.41, 5.74) is 0. The molecule has 1 saturated heterocycles. The Balaban J connectivity index is 2.29. The van der Waals surface area contributed by atoms with E-state index in [0.717, 1.165) is 0 Å². The molecule has 2 amide bonds. The van der Waals surface area contributed by atoms with Gasteiger partial charge in [-0.15, -0.1) is 0 Å². The first-order chi connectivity index (χ1) is 6.03. The van der Waals surface area contributed by atoms with Gasteiger partial charge in [0.1, 0.15) is 0 Å². The van der Waals surface area contributed by atoms with Crippen LogP contribution in [-0.4, -0.2) is 38.1 Å². The Hall–Kier alpha value is -0.810. The highest BCUT2D eigenvalue weighted by atomic mass is 16.7. The highest BCUT2D eigenvalue weighted by Crippen LogP contribution is 2.16. The predicted octanol–water partition coefficient (Wildman–Crippen LogP) is 0.0669. The lowest BCUT2D eigenvalue weighted by Gasteiger charge is -2.35. The van der Waals surface area contributed by atoms with Crippen molar-refractivity contribution in [2.75, 3.05) is 20.3 Å². The van der Waals surface area contributed by atoms with Gasteiger partial charge in [-0.1, -0.05) is 0 Å². The number of rotatable bonds is 1. The molecule has 0 aromatic rings. The van der Waals surface area contributed by atoms with E-state index in [-0.39, 0.29) is 12.1 Å². The van der Waals surface area contributed by atoms with E-state index in [9.17, 15) is 4.79 Å². The van der Waals surface area contributed by atoms with Gasteiger partial charge in [0.15, 0.2) is 5.79 Å². The Morgan fingerprint density at radius 1 is 1.38 bits per heavy atom. The number of ether oxygens (including phenoxy) is 2. The first-order valence-electron chi connectivity index (χ1n) is 4.29. The van der Waals surface area contributed by atoms with E-state index in [0.29, 0.717) is 13.2 Å². The maximum absolute atomic E-state index is 10.9. The van der Waals surface area contributed by atoms with E-state index in [1.165, 1.54) is 0 Å². The van der Waals surface area contributed by atoms with Crippen molar-refractivity contribution >= 4 is 6.03 Å². The quantitative estimate of drug-likeness (QED) is 0.612. The van der Waals surface area contributed by atoms with Crippen LogP contribution in [0.25, 0.3) is 0 Å². The summed E-state index contributed by atoms with van der Waals surface area (Å²) in [7, 11) is 1.57. The minimum atomic E-state index is -0.527. The van der Waals surface area contributed by atoms with Gasteiger partial charge in [0.2, 0.25) is 0 Å². The first kappa shape index (κ1) is 10.3. The molecule has 0 bridgehead atoms. The third-order valence-electron chi connectivity index (χ3n) is 1.83. The number of urea groups is 1. The highest BCUT2D eigenvalue weighted by Gasteiger charge is 2.28. The number of carbonyl (C=O) groups excluding carboxylic acids is 1. The van der Waals surface area contributed by atoms with Crippen molar-refractivity contribution in [3.05, 3.63) is 0 Å². The van der Waals surface area contributed by atoms with E-state index < -0.39 is 5.79 Å². The second-order valence-corrected chi connectivity index (χ2v) is 3.44. The molecule has 1 aliphatic rings. The Morgan fingerprint density at radius 2 is 1.92 bits per heavy atom. The molecule has 0 atom stereocenters. The van der Waals surface area contributed by atoms with Crippen LogP contribution in [-0.2, 0) is 9.47 Å². The van der Waals surface area contributed by atoms with E-state index in [1.807, 2.05) is 13.8 Å². The number of hydrogen-bond acceptors (Lipinski definition) is 3. The molecule has 2 N–H and O–H groups in total. The van der Waals surface area contributed by atoms with Gasteiger partial charge in [-0.2, -0.15) is 0 Å². The van der Waals surface area contributed by atoms with E-state index in [4.69, 9.17) is 9.47 Å². The molecule has 5 nitrogen and oxygen atoms in total. The van der Waals surface area contributed by atoms with E-state index in [2.05, 4.69) is 10.6 Å². The molecule has 76 valence electrons. The molecule has 0 aromatic carbocycles. The van der Waals surface area contributed by atoms with Crippen LogP contribution < -0.4 is 10.6 Å². The lowest BCUT2D eigenvalue weighted by atomic mass is 10.2. The molecule has 1 rings (SSSR count). The molecule has 0 spiro atoms. The van der Waals surface area contributed by atoms with Crippen molar-refractivity contribution in [2.24, 2.45) is 0 Å². The maximum atomic E-state index is 10.9. The second kappa shape index (κ2) is 3.93. The van der Waals surface area contributed by atoms with E-state index in [1.54, 1.807) is 7.05 Å². The minimum absolute atomic E-state index is 0.0621. The van der Waals surface area contributed by atoms with Gasteiger partial charge in [-0.05, 0) is 13.8 Å². The fraction of sp³-hybridized carbons (Fsp3) is 0.875. The molecule has 1 heterocycles. The Morgan fingerprint density at radius 3 is 2.38 bits per heavy atom. The molecule has 0 unspecified atom stereocenters. The zero-order valence-corrected chi connectivity index (χ0v) is 8.22. The molecule has 1 aliphatic heterocycles. The van der Waals surface area contributed by atoms with Crippen LogP contribution in [0, 0.1) is 0 Å². The molecule has 5 heteroatoms. The fourth-order valence-corrected chi connectivity index (χ4v) is 1.03. The number of amides is 2. The van der Waals surface area contributed by atoms with Crippen molar-refractivity contribution in [1.82, 2.24) is 10.6 Å². The van der Waals surface area contributed by atoms with Crippen LogP contribution in [0.4, 0.5) is 4.79 Å². The molecular formula is C8H16N2O3. The zero-order chi connectivity index (χ0) is 9.90. The topological polar surface area (TPSA) is 59.6 Å². The Bertz CT molecular complexity index is 184. The third-order valence-corrected chi connectivity index (χ3v) is 1.83. The lowest BCUT2D eigenvalue weighted by molar-refractivity contribution is -0.251. The molecule has 13 heavy (non-hydrogen) atoms. The lowest BCUT2D eigenvalue weighted by Crippen LogP contribution is -2.52. The summed E-state index contributed by atoms with van der Waals surface area (Å²) < 4.78 is 10.7. The monoisotopic (exact) mass is 188 g/mol. The maximum Gasteiger partial charge on any atom is 0.314 e. The van der Waals surface area contributed by atoms with Gasteiger partial charge in [0.25, 0.3) is 0 Å². The van der Waals surface area contributed by atoms with Gasteiger partial charge >= 0.3 is 6.03 Å². The largest absolute Gasteiger partial charge is 0.348 e. The first-order valence-corrected chi connectivity index (χ1v) is 4.29. The molecule has 0 aromatic heterocycles. The van der Waals surface area contributed by atoms with Gasteiger partial charge in [-0.3, -0.25) is 0 Å². The Labute approximate surface area is 77.8 Å². The van der Waals surface area contributed by atoms with Crippen molar-refractivity contribution < 1.29 is 14.3 Å². The Kier molecular flexibility index (Phi) is 3.11. The summed E-state index contributed by atoms with van der Waals surface area (Å²) in [6, 6.07) is -0.273. The van der Waals surface area contributed by atoms with Gasteiger partial charge in [-0.25, -0.2) is 4.79 Å². The summed E-state index contributed by atoms with van der Waals surface area (Å²) in [6.45, 7) is 4.67. The zero-order valence-electron chi connectivity index (χ0n) is 8.22. The van der Waals surface area contributed by atoms with Gasteiger partial charge in [0.05, 0.1) is 19.3 Å². The highest BCUT2D eigenvalue weighted by molar-refractivity contribution is 5.73. The van der Waals surface area contributed by atoms with Crippen LogP contribution in [0.1, 0.15) is 13.8 Å². The molecule has 0 aliphatic carbocycles. The van der Waals surface area contributed by atoms with Crippen molar-refractivity contribution in [3.8, 4) is 0 Å². The summed E-state index contributed by atoms with van der Waals surface area (Å²) in [5.74, 6) is -0.527. The minimum Gasteiger partial charge on any atom is -0.348 e. The predicted molar refractivity (Wildman–Crippen MR) is 47.4 cm³/mol. The van der Waals surface area contributed by atoms with Crippen molar-refractivity contribution in [1.29, 1.82) is 0 Å². The summed E-state index contributed by atoms with van der Waals surface area (Å²) in [5, 5.41) is 5.18. The fourth-order valence-electron chi connectivity index (χ4n) is 1.03. The second-order valence-electron chi connectivity index (χ2n) is 3.44. The average molecular weight is 188 g/mol. The van der Waals surface area contributed by atoms with Crippen LogP contribution in [0.2, 0.25) is 0 Å². The summed E-state index contributed by atoms with van der Waals surface area (Å²) in [6.07, 6.45) is 0. The van der Waals surface area contributed by atoms with E-state index >= 15 is 0 Å². The average Bonchev–Trinajstić information content (AvgIpc) is 2.08. The number of hydrogen-bond donors (Lipinski definition) is 2. The normalized spacial score (nSPS) is 22.4. The van der Waals surface area contributed by atoms with Crippen LogP contribution in [0.3, 0.4) is 0 Å². The summed E-state index contributed by atoms with van der Waals surface area (Å²) >= 11 is 0. The molecule has 0 radical (unpaired) electrons. The molecular weight excluding hydrogens is 172 g/mol. The van der Waals surface area contributed by atoms with Gasteiger partial charge in [0, 0.05) is 7.05 Å². The molecule has 1 fully saturated rings. The third kappa shape index (κ3) is 3.20. The SMILES string of the molecule is CNC(=O)NC1COC(C)(C)OC1. The van der Waals surface area contributed by atoms with Gasteiger partial charge < -0.3 is 20.1 Å². The van der Waals surface area contributed by atoms with Crippen molar-refractivity contribution in [3.63, 3.8) is 0 Å². The summed E-state index contributed by atoms with van der Waals surface area (Å²) in [4.78, 5) is 10.9. The smallest absolute Gasteiger partial charge is 0.314 e. The standard InChI is InChI=1S/C8H16N2O3/c1-8(2)12-4-6(5-13-8)10-7(11)9-3/h6H,4-5H2,1-3H3,(H2,9,10,11). The number of carbonyl (C=O) groups is 1. The van der Waals surface area contributed by atoms with Crippen LogP contribution >= 0.6 is 0 Å².